The fourth-order valence-electron chi connectivity index (χ4n) is 5.14. The molecular weight excluding hydrogens is 486 g/mol. The zero-order valence-corrected chi connectivity index (χ0v) is 22.0. The van der Waals surface area contributed by atoms with E-state index in [0.29, 0.717) is 23.0 Å². The van der Waals surface area contributed by atoms with Crippen molar-refractivity contribution in [3.05, 3.63) is 82.4 Å². The summed E-state index contributed by atoms with van der Waals surface area (Å²) in [7, 11) is 1.56. The summed E-state index contributed by atoms with van der Waals surface area (Å²) in [4.78, 5) is 12.8. The number of nitrogens with two attached hydrogens (primary N) is 1. The summed E-state index contributed by atoms with van der Waals surface area (Å²) < 4.78 is 22.2. The van der Waals surface area contributed by atoms with Crippen molar-refractivity contribution >= 4 is 5.97 Å². The highest BCUT2D eigenvalue weighted by Crippen LogP contribution is 2.55. The third kappa shape index (κ3) is 5.42. The zero-order valence-electron chi connectivity index (χ0n) is 22.0. The van der Waals surface area contributed by atoms with Crippen molar-refractivity contribution in [2.75, 3.05) is 33.7 Å². The molecule has 1 aliphatic heterocycles. The summed E-state index contributed by atoms with van der Waals surface area (Å²) in [5.74, 6) is -0.142. The van der Waals surface area contributed by atoms with Crippen LogP contribution in [0.2, 0.25) is 0 Å². The molecule has 0 saturated heterocycles. The van der Waals surface area contributed by atoms with E-state index in [1.807, 2.05) is 49.4 Å². The molecule has 2 aliphatic rings. The maximum atomic E-state index is 12.8. The smallest absolute Gasteiger partial charge is 0.308 e. The summed E-state index contributed by atoms with van der Waals surface area (Å²) in [6, 6.07) is 17.1. The second-order valence-corrected chi connectivity index (χ2v) is 9.33. The minimum atomic E-state index is -0.898. The van der Waals surface area contributed by atoms with Gasteiger partial charge in [-0.2, -0.15) is 0 Å². The lowest BCUT2D eigenvalue weighted by molar-refractivity contribution is -0.142. The van der Waals surface area contributed by atoms with Gasteiger partial charge in [0.1, 0.15) is 18.1 Å². The van der Waals surface area contributed by atoms with E-state index in [4.69, 9.17) is 24.7 Å². The van der Waals surface area contributed by atoms with Gasteiger partial charge in [0.2, 0.25) is 6.79 Å². The number of benzene rings is 3. The largest absolute Gasteiger partial charge is 0.497 e. The number of carboxylic acid groups (broad SMARTS) is 1. The number of aliphatic carboxylic acids is 1. The van der Waals surface area contributed by atoms with Gasteiger partial charge in [-0.1, -0.05) is 42.8 Å². The summed E-state index contributed by atoms with van der Waals surface area (Å²) >= 11 is 0. The van der Waals surface area contributed by atoms with Crippen LogP contribution in [0.3, 0.4) is 0 Å². The number of methoxy groups -OCH3 is 1. The number of carboxylic acids is 1. The fraction of sp³-hybridized carbons (Fsp3) is 0.367. The number of carbonyl (C=O) groups is 1. The van der Waals surface area contributed by atoms with E-state index in [-0.39, 0.29) is 25.9 Å². The van der Waals surface area contributed by atoms with Gasteiger partial charge in [0.25, 0.3) is 0 Å². The Morgan fingerprint density at radius 2 is 1.74 bits per heavy atom. The molecule has 3 aromatic rings. The number of fused-ring (bicyclic) bond motifs is 2. The molecule has 0 aromatic heterocycles. The van der Waals surface area contributed by atoms with Crippen LogP contribution < -0.4 is 24.7 Å². The van der Waals surface area contributed by atoms with E-state index >= 15 is 0 Å². The zero-order chi connectivity index (χ0) is 27.2. The van der Waals surface area contributed by atoms with Gasteiger partial charge in [-0.3, -0.25) is 4.79 Å². The van der Waals surface area contributed by atoms with Crippen LogP contribution in [0, 0.1) is 12.8 Å². The molecule has 0 radical (unpaired) electrons. The molecule has 8 heteroatoms. The fourth-order valence-corrected chi connectivity index (χ4v) is 5.14. The van der Waals surface area contributed by atoms with Crippen LogP contribution in [0.5, 0.6) is 23.0 Å². The molecule has 0 bridgehead atoms. The highest BCUT2D eigenvalue weighted by Gasteiger charge is 2.47. The average Bonchev–Trinajstić information content (AvgIpc) is 3.53. The molecule has 3 atom stereocenters. The van der Waals surface area contributed by atoms with Crippen molar-refractivity contribution in [1.29, 1.82) is 0 Å². The Morgan fingerprint density at radius 3 is 2.42 bits per heavy atom. The molecule has 3 aromatic carbocycles. The third-order valence-electron chi connectivity index (χ3n) is 6.86. The molecule has 4 N–H and O–H groups in total. The predicted octanol–water partition coefficient (Wildman–Crippen LogP) is 4.44. The SMILES string of the molecule is CCCN.COc1ccc([C@@H]2c3cc(C)ccc3[C@H](c3ccc4c(c3)OCO4)C2C(=O)O)c(OCCO)c1. The monoisotopic (exact) mass is 521 g/mol. The van der Waals surface area contributed by atoms with Crippen LogP contribution in [0.4, 0.5) is 0 Å². The van der Waals surface area contributed by atoms with Crippen molar-refractivity contribution in [2.45, 2.75) is 32.1 Å². The Morgan fingerprint density at radius 1 is 1.00 bits per heavy atom. The number of aliphatic hydroxyl groups excluding tert-OH is 1. The highest BCUT2D eigenvalue weighted by atomic mass is 16.7. The molecule has 1 heterocycles. The van der Waals surface area contributed by atoms with Crippen molar-refractivity contribution < 1.29 is 34.0 Å². The van der Waals surface area contributed by atoms with Crippen molar-refractivity contribution in [2.24, 2.45) is 11.7 Å². The summed E-state index contributed by atoms with van der Waals surface area (Å²) in [5.41, 5.74) is 9.60. The summed E-state index contributed by atoms with van der Waals surface area (Å²) in [5, 5.41) is 19.9. The second kappa shape index (κ2) is 12.2. The number of hydrogen-bond acceptors (Lipinski definition) is 7. The summed E-state index contributed by atoms with van der Waals surface area (Å²) in [6.07, 6.45) is 1.10. The number of ether oxygens (including phenoxy) is 4. The standard InChI is InChI=1S/C27H26O7.C3H9N/c1-15-3-6-18-20(11-15)25(19-7-5-17(31-2)13-22(19)32-10-9-28)26(27(29)30)24(18)16-4-8-21-23(12-16)34-14-33-21;1-2-3-4/h3-8,11-13,24-26,28H,9-10,14H2,1-2H3,(H,29,30);2-4H2,1H3/t24-,25+,26?;/m0./s1. The van der Waals surface area contributed by atoms with E-state index < -0.39 is 17.8 Å². The van der Waals surface area contributed by atoms with E-state index in [1.165, 1.54) is 0 Å². The molecule has 202 valence electrons. The molecular formula is C30H35NO7. The molecule has 38 heavy (non-hydrogen) atoms. The molecule has 0 saturated carbocycles. The molecule has 8 nitrogen and oxygen atoms in total. The number of hydrogen-bond donors (Lipinski definition) is 3. The Balaban J connectivity index is 0.000000786. The van der Waals surface area contributed by atoms with Crippen LogP contribution in [0.25, 0.3) is 0 Å². The van der Waals surface area contributed by atoms with E-state index in [1.54, 1.807) is 13.2 Å². The predicted molar refractivity (Wildman–Crippen MR) is 143 cm³/mol. The first-order valence-corrected chi connectivity index (χ1v) is 12.8. The van der Waals surface area contributed by atoms with Gasteiger partial charge >= 0.3 is 5.97 Å². The highest BCUT2D eigenvalue weighted by molar-refractivity contribution is 5.78. The number of aryl methyl sites for hydroxylation is 1. The lowest BCUT2D eigenvalue weighted by atomic mass is 9.79. The minimum Gasteiger partial charge on any atom is -0.497 e. The third-order valence-corrected chi connectivity index (χ3v) is 6.86. The normalized spacial score (nSPS) is 18.8. The molecule has 0 fully saturated rings. The van der Waals surface area contributed by atoms with Crippen LogP contribution in [-0.2, 0) is 4.79 Å². The minimum absolute atomic E-state index is 0.0941. The molecule has 0 amide bonds. The van der Waals surface area contributed by atoms with Gasteiger partial charge in [-0.25, -0.2) is 0 Å². The van der Waals surface area contributed by atoms with E-state index in [2.05, 4.69) is 13.0 Å². The second-order valence-electron chi connectivity index (χ2n) is 9.33. The van der Waals surface area contributed by atoms with E-state index in [9.17, 15) is 15.0 Å². The Hall–Kier alpha value is -3.75. The Bertz CT molecular complexity index is 1270. The quantitative estimate of drug-likeness (QED) is 0.398. The van der Waals surface area contributed by atoms with Crippen LogP contribution in [-0.4, -0.2) is 49.8 Å². The summed E-state index contributed by atoms with van der Waals surface area (Å²) in [6.45, 7) is 4.97. The molecule has 1 unspecified atom stereocenters. The Kier molecular flexibility index (Phi) is 8.76. The lowest BCUT2D eigenvalue weighted by Crippen LogP contribution is -2.24. The van der Waals surface area contributed by atoms with Crippen LogP contribution in [0.15, 0.2) is 54.6 Å². The average molecular weight is 522 g/mol. The first-order valence-electron chi connectivity index (χ1n) is 12.8. The topological polar surface area (TPSA) is 120 Å². The van der Waals surface area contributed by atoms with Crippen LogP contribution in [0.1, 0.15) is 53.0 Å². The van der Waals surface area contributed by atoms with Gasteiger partial charge in [0, 0.05) is 23.5 Å². The maximum Gasteiger partial charge on any atom is 0.308 e. The van der Waals surface area contributed by atoms with Gasteiger partial charge in [-0.05, 0) is 54.8 Å². The maximum absolute atomic E-state index is 12.8. The van der Waals surface area contributed by atoms with Crippen molar-refractivity contribution in [3.63, 3.8) is 0 Å². The van der Waals surface area contributed by atoms with Crippen molar-refractivity contribution in [3.8, 4) is 23.0 Å². The van der Waals surface area contributed by atoms with Gasteiger partial charge in [0.05, 0.1) is 19.6 Å². The lowest BCUT2D eigenvalue weighted by Gasteiger charge is -2.25. The van der Waals surface area contributed by atoms with Crippen molar-refractivity contribution in [1.82, 2.24) is 0 Å². The van der Waals surface area contributed by atoms with Crippen LogP contribution >= 0.6 is 0 Å². The first-order chi connectivity index (χ1) is 18.4. The Labute approximate surface area is 222 Å². The number of rotatable bonds is 8. The molecule has 1 aliphatic carbocycles. The first kappa shape index (κ1) is 27.3. The molecule has 0 spiro atoms. The van der Waals surface area contributed by atoms with Gasteiger partial charge in [0.15, 0.2) is 11.5 Å². The van der Waals surface area contributed by atoms with Gasteiger partial charge < -0.3 is 34.9 Å². The van der Waals surface area contributed by atoms with E-state index in [0.717, 1.165) is 40.8 Å². The number of aliphatic hydroxyl groups is 1. The van der Waals surface area contributed by atoms with Gasteiger partial charge in [-0.15, -0.1) is 0 Å². The molecule has 5 rings (SSSR count).